The Kier molecular flexibility index (Phi) is 5.65. The van der Waals surface area contributed by atoms with Gasteiger partial charge < -0.3 is 10.6 Å². The van der Waals surface area contributed by atoms with E-state index in [4.69, 9.17) is 0 Å². The molecule has 3 rings (SSSR count). The molecule has 0 radical (unpaired) electrons. The van der Waals surface area contributed by atoms with Crippen LogP contribution in [0.4, 0.5) is 19.3 Å². The zero-order valence-corrected chi connectivity index (χ0v) is 17.0. The Labute approximate surface area is 169 Å². The lowest BCUT2D eigenvalue weighted by atomic mass is 9.65. The lowest BCUT2D eigenvalue weighted by Gasteiger charge is -2.42. The number of nitrogens with zero attached hydrogens (tertiary/aromatic N) is 1. The van der Waals surface area contributed by atoms with Crippen molar-refractivity contribution in [2.75, 3.05) is 11.9 Å². The number of rotatable bonds is 5. The fraction of sp³-hybridized carbons (Fsp3) is 0.571. The lowest BCUT2D eigenvalue weighted by molar-refractivity contribution is -0.135. The van der Waals surface area contributed by atoms with Crippen LogP contribution in [0.1, 0.15) is 52.9 Å². The van der Waals surface area contributed by atoms with Gasteiger partial charge in [-0.2, -0.15) is 0 Å². The van der Waals surface area contributed by atoms with Gasteiger partial charge in [-0.3, -0.25) is 14.5 Å². The van der Waals surface area contributed by atoms with Gasteiger partial charge in [0.15, 0.2) is 11.6 Å². The molecule has 1 spiro atoms. The van der Waals surface area contributed by atoms with Crippen molar-refractivity contribution < 1.29 is 23.2 Å². The zero-order valence-electron chi connectivity index (χ0n) is 17.0. The van der Waals surface area contributed by atoms with E-state index in [0.717, 1.165) is 36.3 Å². The van der Waals surface area contributed by atoms with Gasteiger partial charge in [0.2, 0.25) is 5.91 Å². The van der Waals surface area contributed by atoms with Crippen LogP contribution in [0, 0.1) is 23.0 Å². The van der Waals surface area contributed by atoms with Gasteiger partial charge in [0.05, 0.1) is 0 Å². The highest BCUT2D eigenvalue weighted by Gasteiger charge is 2.53. The molecule has 4 amide bonds. The number of urea groups is 1. The third-order valence-corrected chi connectivity index (χ3v) is 6.61. The summed E-state index contributed by atoms with van der Waals surface area (Å²) in [6.07, 6.45) is 3.81. The van der Waals surface area contributed by atoms with E-state index in [2.05, 4.69) is 31.4 Å². The van der Waals surface area contributed by atoms with Crippen LogP contribution >= 0.6 is 0 Å². The van der Waals surface area contributed by atoms with Crippen molar-refractivity contribution in [1.29, 1.82) is 0 Å². The molecular formula is C21H27F2N3O3. The number of hydrogen-bond acceptors (Lipinski definition) is 3. The molecule has 158 valence electrons. The summed E-state index contributed by atoms with van der Waals surface area (Å²) in [5, 5.41) is 5.18. The Morgan fingerprint density at radius 2 is 1.90 bits per heavy atom. The van der Waals surface area contributed by atoms with Crippen LogP contribution < -0.4 is 10.6 Å². The highest BCUT2D eigenvalue weighted by Crippen LogP contribution is 2.45. The second-order valence-corrected chi connectivity index (χ2v) is 8.70. The van der Waals surface area contributed by atoms with Gasteiger partial charge in [0.1, 0.15) is 12.1 Å². The molecule has 0 bridgehead atoms. The van der Waals surface area contributed by atoms with E-state index < -0.39 is 41.6 Å². The first kappa shape index (κ1) is 21.2. The summed E-state index contributed by atoms with van der Waals surface area (Å²) in [5.41, 5.74) is -0.713. The molecule has 1 aliphatic carbocycles. The normalized spacial score (nSPS) is 24.7. The number of nitrogens with one attached hydrogen (secondary N) is 2. The topological polar surface area (TPSA) is 78.5 Å². The molecule has 2 N–H and O–H groups in total. The third kappa shape index (κ3) is 4.11. The Bertz CT molecular complexity index is 832. The van der Waals surface area contributed by atoms with Crippen molar-refractivity contribution >= 4 is 23.5 Å². The van der Waals surface area contributed by atoms with Crippen molar-refractivity contribution in [3.63, 3.8) is 0 Å². The number of imide groups is 1. The molecule has 0 unspecified atom stereocenters. The van der Waals surface area contributed by atoms with Crippen molar-refractivity contribution in [3.05, 3.63) is 29.8 Å². The number of anilines is 1. The largest absolute Gasteiger partial charge is 0.325 e. The molecule has 1 aromatic rings. The molecule has 1 saturated carbocycles. The first-order valence-corrected chi connectivity index (χ1v) is 9.97. The molecule has 1 aromatic carbocycles. The predicted molar refractivity (Wildman–Crippen MR) is 104 cm³/mol. The van der Waals surface area contributed by atoms with Crippen molar-refractivity contribution in [3.8, 4) is 0 Å². The molecule has 2 aliphatic rings. The van der Waals surface area contributed by atoms with Gasteiger partial charge >= 0.3 is 6.03 Å². The van der Waals surface area contributed by atoms with Gasteiger partial charge in [-0.25, -0.2) is 13.6 Å². The lowest BCUT2D eigenvalue weighted by Crippen LogP contribution is -2.51. The van der Waals surface area contributed by atoms with E-state index in [1.54, 1.807) is 0 Å². The molecule has 0 aromatic heterocycles. The molecule has 1 aliphatic heterocycles. The molecule has 8 heteroatoms. The summed E-state index contributed by atoms with van der Waals surface area (Å²) in [5.74, 6) is -2.69. The summed E-state index contributed by atoms with van der Waals surface area (Å²) in [6.45, 7) is 6.12. The average molecular weight is 407 g/mol. The van der Waals surface area contributed by atoms with E-state index in [1.807, 2.05) is 0 Å². The maximum absolute atomic E-state index is 13.3. The van der Waals surface area contributed by atoms with Gasteiger partial charge in [0, 0.05) is 11.8 Å². The van der Waals surface area contributed by atoms with Crippen LogP contribution in [-0.2, 0) is 9.59 Å². The number of carbonyl (C=O) groups is 3. The van der Waals surface area contributed by atoms with E-state index in [-0.39, 0.29) is 11.1 Å². The monoisotopic (exact) mass is 407 g/mol. The molecule has 1 saturated heterocycles. The quantitative estimate of drug-likeness (QED) is 0.729. The van der Waals surface area contributed by atoms with E-state index in [1.165, 1.54) is 6.07 Å². The molecular weight excluding hydrogens is 380 g/mol. The average Bonchev–Trinajstić information content (AvgIpc) is 2.89. The fourth-order valence-electron chi connectivity index (χ4n) is 4.26. The summed E-state index contributed by atoms with van der Waals surface area (Å²) in [7, 11) is 0. The predicted octanol–water partition coefficient (Wildman–Crippen LogP) is 3.82. The Morgan fingerprint density at radius 3 is 2.48 bits per heavy atom. The van der Waals surface area contributed by atoms with E-state index >= 15 is 0 Å². The highest BCUT2D eigenvalue weighted by molar-refractivity contribution is 6.10. The third-order valence-electron chi connectivity index (χ3n) is 6.61. The van der Waals surface area contributed by atoms with Gasteiger partial charge in [-0.1, -0.05) is 27.2 Å². The number of halogens is 2. The summed E-state index contributed by atoms with van der Waals surface area (Å²) >= 11 is 0. The number of hydrogen-bond donors (Lipinski definition) is 2. The molecule has 29 heavy (non-hydrogen) atoms. The minimum atomic E-state index is -1.09. The van der Waals surface area contributed by atoms with Crippen LogP contribution in [0.5, 0.6) is 0 Å². The van der Waals surface area contributed by atoms with E-state index in [0.29, 0.717) is 18.8 Å². The van der Waals surface area contributed by atoms with Crippen LogP contribution in [0.25, 0.3) is 0 Å². The maximum Gasteiger partial charge on any atom is 0.325 e. The molecule has 2 fully saturated rings. The van der Waals surface area contributed by atoms with E-state index in [9.17, 15) is 23.2 Å². The summed E-state index contributed by atoms with van der Waals surface area (Å²) < 4.78 is 26.3. The first-order chi connectivity index (χ1) is 13.6. The van der Waals surface area contributed by atoms with Crippen LogP contribution in [0.3, 0.4) is 0 Å². The number of benzene rings is 1. The highest BCUT2D eigenvalue weighted by atomic mass is 19.2. The molecule has 1 heterocycles. The minimum Gasteiger partial charge on any atom is -0.324 e. The maximum atomic E-state index is 13.3. The molecule has 6 nitrogen and oxygen atoms in total. The van der Waals surface area contributed by atoms with Crippen LogP contribution in [0.2, 0.25) is 0 Å². The number of carbonyl (C=O) groups excluding carboxylic acids is 3. The Hall–Kier alpha value is -2.51. The van der Waals surface area contributed by atoms with Crippen LogP contribution in [0.15, 0.2) is 18.2 Å². The SMILES string of the molecule is CCC(C)(C)C1CCC2(CC1)NC(=O)N(CC(=O)Nc1ccc(F)c(F)c1)C2=O. The van der Waals surface area contributed by atoms with Gasteiger partial charge in [-0.05, 0) is 49.1 Å². The second kappa shape index (κ2) is 7.72. The van der Waals surface area contributed by atoms with Crippen LogP contribution in [-0.4, -0.2) is 34.8 Å². The first-order valence-electron chi connectivity index (χ1n) is 9.97. The zero-order chi connectivity index (χ0) is 21.4. The van der Waals surface area contributed by atoms with Crippen molar-refractivity contribution in [2.45, 2.75) is 58.4 Å². The standard InChI is InChI=1S/C21H27F2N3O3/c1-4-20(2,3)13-7-9-21(10-8-13)18(28)26(19(29)25-21)12-17(27)24-14-5-6-15(22)16(23)11-14/h5-6,11,13H,4,7-10,12H2,1-3H3,(H,24,27)(H,25,29). The second-order valence-electron chi connectivity index (χ2n) is 8.70. The van der Waals surface area contributed by atoms with Gasteiger partial charge in [0.25, 0.3) is 5.91 Å². The number of amides is 4. The minimum absolute atomic E-state index is 0.0537. The fourth-order valence-corrected chi connectivity index (χ4v) is 4.26. The summed E-state index contributed by atoms with van der Waals surface area (Å²) in [6, 6.07) is 2.35. The van der Waals surface area contributed by atoms with Crippen molar-refractivity contribution in [2.24, 2.45) is 11.3 Å². The Balaban J connectivity index is 1.63. The molecule has 0 atom stereocenters. The Morgan fingerprint density at radius 1 is 1.24 bits per heavy atom. The summed E-state index contributed by atoms with van der Waals surface area (Å²) in [4.78, 5) is 38.5. The van der Waals surface area contributed by atoms with Crippen molar-refractivity contribution in [1.82, 2.24) is 10.2 Å². The van der Waals surface area contributed by atoms with Gasteiger partial charge in [-0.15, -0.1) is 0 Å². The smallest absolute Gasteiger partial charge is 0.324 e.